The predicted molar refractivity (Wildman–Crippen MR) is 91.7 cm³/mol. The van der Waals surface area contributed by atoms with Crippen molar-refractivity contribution in [3.05, 3.63) is 71.6 Å². The van der Waals surface area contributed by atoms with Crippen LogP contribution < -0.4 is 0 Å². The van der Waals surface area contributed by atoms with E-state index in [4.69, 9.17) is 0 Å². The lowest BCUT2D eigenvalue weighted by atomic mass is 10.0. The maximum absolute atomic E-state index is 11.8. The van der Waals surface area contributed by atoms with E-state index in [-0.39, 0.29) is 5.78 Å². The first kappa shape index (κ1) is 16.6. The first-order chi connectivity index (χ1) is 11.0. The van der Waals surface area contributed by atoms with E-state index in [1.807, 2.05) is 49.4 Å². The largest absolute Gasteiger partial charge is 0.595 e. The van der Waals surface area contributed by atoms with Gasteiger partial charge >= 0.3 is 0 Å². The number of benzene rings is 2. The topological polar surface area (TPSA) is 55.5 Å². The molecule has 0 spiro atoms. The zero-order valence-electron chi connectivity index (χ0n) is 13.6. The van der Waals surface area contributed by atoms with Gasteiger partial charge in [-0.25, -0.2) is 0 Å². The van der Waals surface area contributed by atoms with Gasteiger partial charge in [0, 0.05) is 5.57 Å². The van der Waals surface area contributed by atoms with Crippen LogP contribution in [-0.2, 0) is 4.79 Å². The number of rotatable bonds is 5. The van der Waals surface area contributed by atoms with Crippen molar-refractivity contribution < 1.29 is 9.66 Å². The van der Waals surface area contributed by atoms with Crippen molar-refractivity contribution in [2.24, 2.45) is 5.11 Å². The minimum absolute atomic E-state index is 0.135. The molecule has 0 fully saturated rings. The highest BCUT2D eigenvalue weighted by Gasteiger charge is 2.09. The Morgan fingerprint density at radius 2 is 1.61 bits per heavy atom. The van der Waals surface area contributed by atoms with Crippen molar-refractivity contribution in [3.8, 4) is 11.1 Å². The lowest BCUT2D eigenvalue weighted by Gasteiger charge is -2.05. The van der Waals surface area contributed by atoms with Crippen LogP contribution >= 0.6 is 0 Å². The summed E-state index contributed by atoms with van der Waals surface area (Å²) in [5.74, 6) is -0.135. The van der Waals surface area contributed by atoms with Gasteiger partial charge in [-0.2, -0.15) is 0 Å². The molecule has 4 heteroatoms. The number of allylic oxidation sites excluding steroid dienone is 1. The number of carbonyl (C=O) groups is 1. The molecule has 2 aromatic rings. The molecule has 23 heavy (non-hydrogen) atoms. The van der Waals surface area contributed by atoms with Gasteiger partial charge in [-0.05, 0) is 42.6 Å². The van der Waals surface area contributed by atoms with Crippen LogP contribution in [-0.4, -0.2) is 16.7 Å². The van der Waals surface area contributed by atoms with Crippen LogP contribution in [0, 0.1) is 5.21 Å². The fraction of sp³-hybridized carbons (Fsp3) is 0.211. The molecule has 0 aliphatic carbocycles. The van der Waals surface area contributed by atoms with Crippen LogP contribution in [0.2, 0.25) is 0 Å². The van der Waals surface area contributed by atoms with E-state index in [2.05, 4.69) is 17.2 Å². The summed E-state index contributed by atoms with van der Waals surface area (Å²) in [4.78, 5) is 11.6. The monoisotopic (exact) mass is 308 g/mol. The third-order valence-corrected chi connectivity index (χ3v) is 3.63. The van der Waals surface area contributed by atoms with Crippen molar-refractivity contribution >= 4 is 11.4 Å². The summed E-state index contributed by atoms with van der Waals surface area (Å²) in [6.45, 7) is 4.86. The van der Waals surface area contributed by atoms with Crippen molar-refractivity contribution in [1.29, 1.82) is 0 Å². The number of ketones is 1. The van der Waals surface area contributed by atoms with Crippen LogP contribution in [0.3, 0.4) is 0 Å². The summed E-state index contributed by atoms with van der Waals surface area (Å²) in [7, 11) is 0. The second kappa shape index (κ2) is 7.49. The average molecular weight is 308 g/mol. The third kappa shape index (κ3) is 4.61. The molecule has 0 saturated carbocycles. The van der Waals surface area contributed by atoms with Gasteiger partial charge in [0.1, 0.15) is 0 Å². The van der Waals surface area contributed by atoms with Crippen molar-refractivity contribution in [2.75, 3.05) is 0 Å². The number of nitrogens with zero attached hydrogens (tertiary/aromatic N) is 2. The van der Waals surface area contributed by atoms with Crippen LogP contribution in [0.15, 0.2) is 65.9 Å². The van der Waals surface area contributed by atoms with Crippen molar-refractivity contribution in [3.63, 3.8) is 0 Å². The van der Waals surface area contributed by atoms with Gasteiger partial charge in [-0.15, -0.1) is 0 Å². The Morgan fingerprint density at radius 1 is 1.04 bits per heavy atom. The molecule has 0 unspecified atom stereocenters. The maximum atomic E-state index is 11.8. The Morgan fingerprint density at radius 3 is 2.17 bits per heavy atom. The second-order valence-corrected chi connectivity index (χ2v) is 5.46. The minimum atomic E-state index is -0.628. The summed E-state index contributed by atoms with van der Waals surface area (Å²) < 4.78 is 0. The van der Waals surface area contributed by atoms with Crippen LogP contribution in [0.4, 0.5) is 0 Å². The average Bonchev–Trinajstić information content (AvgIpc) is 2.55. The van der Waals surface area contributed by atoms with E-state index in [9.17, 15) is 10.0 Å². The zero-order valence-corrected chi connectivity index (χ0v) is 13.6. The summed E-state index contributed by atoms with van der Waals surface area (Å²) >= 11 is 0. The Hall–Kier alpha value is -2.75. The van der Waals surface area contributed by atoms with Crippen LogP contribution in [0.5, 0.6) is 0 Å². The minimum Gasteiger partial charge on any atom is -0.595 e. The third-order valence-electron chi connectivity index (χ3n) is 3.63. The van der Waals surface area contributed by atoms with Gasteiger partial charge in [-0.3, -0.25) is 4.79 Å². The lowest BCUT2D eigenvalue weighted by molar-refractivity contribution is -0.460. The Kier molecular flexibility index (Phi) is 5.41. The van der Waals surface area contributed by atoms with Gasteiger partial charge < -0.3 is 5.21 Å². The summed E-state index contributed by atoms with van der Waals surface area (Å²) in [6.07, 6.45) is 1.39. The fourth-order valence-electron chi connectivity index (χ4n) is 2.08. The number of azo groups is 1. The SMILES string of the molecule is CC(=O)[C@H](C)N=[N+]([O-])/C=C(\C)c1ccc(-c2ccccc2)cc1. The van der Waals surface area contributed by atoms with Gasteiger partial charge in [0.05, 0.1) is 0 Å². The molecule has 0 aromatic heterocycles. The molecule has 0 amide bonds. The lowest BCUT2D eigenvalue weighted by Crippen LogP contribution is -2.12. The molecular formula is C19H20N2O2. The number of hydrogen-bond donors (Lipinski definition) is 0. The van der Waals surface area contributed by atoms with Gasteiger partial charge in [-0.1, -0.05) is 59.5 Å². The predicted octanol–water partition coefficient (Wildman–Crippen LogP) is 4.65. The number of hydrogen-bond acceptors (Lipinski definition) is 3. The fourth-order valence-corrected chi connectivity index (χ4v) is 2.08. The molecule has 0 bridgehead atoms. The smallest absolute Gasteiger partial charge is 0.212 e. The molecule has 0 N–H and O–H groups in total. The van der Waals surface area contributed by atoms with E-state index in [0.29, 0.717) is 4.86 Å². The molecule has 1 atom stereocenters. The molecule has 118 valence electrons. The molecule has 0 heterocycles. The number of Topliss-reactive ketones (excluding diaryl/α,β-unsaturated/α-hetero) is 1. The quantitative estimate of drug-likeness (QED) is 0.458. The van der Waals surface area contributed by atoms with E-state index in [0.717, 1.165) is 22.3 Å². The van der Waals surface area contributed by atoms with Gasteiger partial charge in [0.2, 0.25) is 6.20 Å². The molecule has 2 rings (SSSR count). The van der Waals surface area contributed by atoms with E-state index >= 15 is 0 Å². The highest BCUT2D eigenvalue weighted by atomic mass is 16.5. The van der Waals surface area contributed by atoms with Crippen LogP contribution in [0.1, 0.15) is 26.3 Å². The highest BCUT2D eigenvalue weighted by molar-refractivity contribution is 5.80. The molecule has 0 aliphatic rings. The van der Waals surface area contributed by atoms with Crippen molar-refractivity contribution in [2.45, 2.75) is 26.8 Å². The van der Waals surface area contributed by atoms with E-state index in [1.54, 1.807) is 6.92 Å². The normalized spacial score (nSPS) is 13.7. The summed E-state index contributed by atoms with van der Waals surface area (Å²) in [5.41, 5.74) is 4.00. The number of carbonyl (C=O) groups excluding carboxylic acids is 1. The summed E-state index contributed by atoms with van der Waals surface area (Å²) in [5, 5.41) is 15.5. The van der Waals surface area contributed by atoms with E-state index < -0.39 is 6.04 Å². The molecule has 0 saturated heterocycles. The zero-order chi connectivity index (χ0) is 16.8. The van der Waals surface area contributed by atoms with Crippen molar-refractivity contribution in [1.82, 2.24) is 0 Å². The Labute approximate surface area is 136 Å². The molecular weight excluding hydrogens is 288 g/mol. The first-order valence-corrected chi connectivity index (χ1v) is 7.49. The first-order valence-electron chi connectivity index (χ1n) is 7.49. The number of hydroxylamine groups is 1. The Bertz CT molecular complexity index is 732. The van der Waals surface area contributed by atoms with Crippen LogP contribution in [0.25, 0.3) is 16.7 Å². The summed E-state index contributed by atoms with van der Waals surface area (Å²) in [6, 6.07) is 17.4. The van der Waals surface area contributed by atoms with Gasteiger partial charge in [0.25, 0.3) is 0 Å². The van der Waals surface area contributed by atoms with Gasteiger partial charge in [0.15, 0.2) is 11.8 Å². The standard InChI is InChI=1S/C19H20N2O2/c1-14(13-21(23)20-15(2)16(3)22)17-9-11-19(12-10-17)18-7-5-4-6-8-18/h4-13,15H,1-3H3/b14-13+,21-20?/t15-/m0/s1. The molecule has 0 radical (unpaired) electrons. The highest BCUT2D eigenvalue weighted by Crippen LogP contribution is 2.22. The second-order valence-electron chi connectivity index (χ2n) is 5.46. The molecule has 4 nitrogen and oxygen atoms in total. The van der Waals surface area contributed by atoms with E-state index in [1.165, 1.54) is 13.1 Å². The maximum Gasteiger partial charge on any atom is 0.212 e. The Balaban J connectivity index is 2.18. The molecule has 2 aromatic carbocycles. The molecule has 0 aliphatic heterocycles.